The van der Waals surface area contributed by atoms with Crippen LogP contribution in [0.15, 0.2) is 0 Å². The molecule has 1 aliphatic heterocycles. The highest BCUT2D eigenvalue weighted by molar-refractivity contribution is 4.82. The summed E-state index contributed by atoms with van der Waals surface area (Å²) in [5, 5.41) is 10.2. The first-order chi connectivity index (χ1) is 6.42. The van der Waals surface area contributed by atoms with Crippen LogP contribution in [0.25, 0.3) is 0 Å². The van der Waals surface area contributed by atoms with Crippen molar-refractivity contribution < 1.29 is 5.11 Å². The summed E-state index contributed by atoms with van der Waals surface area (Å²) in [6, 6.07) is 0. The van der Waals surface area contributed by atoms with Gasteiger partial charge in [-0.3, -0.25) is 0 Å². The largest absolute Gasteiger partial charge is 0.389 e. The Hall–Kier alpha value is -0.0800. The predicted octanol–water partition coefficient (Wildman–Crippen LogP) is 2.13. The van der Waals surface area contributed by atoms with Gasteiger partial charge in [-0.05, 0) is 44.7 Å². The summed E-state index contributed by atoms with van der Waals surface area (Å²) in [5.41, 5.74) is -0.527. The van der Waals surface area contributed by atoms with Crippen LogP contribution in [0.5, 0.6) is 0 Å². The molecule has 0 spiro atoms. The molecule has 1 atom stereocenters. The number of aliphatic hydroxyl groups is 1. The Kier molecular flexibility index (Phi) is 3.96. The van der Waals surface area contributed by atoms with Crippen LogP contribution in [-0.2, 0) is 0 Å². The van der Waals surface area contributed by atoms with Crippen LogP contribution in [0.1, 0.15) is 40.5 Å². The van der Waals surface area contributed by atoms with Gasteiger partial charge in [-0.1, -0.05) is 20.8 Å². The van der Waals surface area contributed by atoms with Gasteiger partial charge in [-0.25, -0.2) is 0 Å². The summed E-state index contributed by atoms with van der Waals surface area (Å²) in [6.07, 6.45) is 2.57. The van der Waals surface area contributed by atoms with E-state index in [1.807, 2.05) is 6.92 Å². The zero-order valence-corrected chi connectivity index (χ0v) is 10.1. The highest BCUT2D eigenvalue weighted by atomic mass is 16.3. The third kappa shape index (κ3) is 3.25. The molecule has 84 valence electrons. The second kappa shape index (κ2) is 4.63. The number of nitrogens with zero attached hydrogens (tertiary/aromatic N) is 1. The second-order valence-corrected chi connectivity index (χ2v) is 5.47. The predicted molar refractivity (Wildman–Crippen MR) is 60.3 cm³/mol. The molecule has 1 saturated heterocycles. The molecule has 0 radical (unpaired) electrons. The number of piperidine rings is 1. The maximum absolute atomic E-state index is 10.2. The van der Waals surface area contributed by atoms with Crippen LogP contribution in [0.2, 0.25) is 0 Å². The second-order valence-electron chi connectivity index (χ2n) is 5.47. The standard InChI is InChI=1S/C12H25NO/c1-10(2)12(4,14)9-13-7-5-11(3)6-8-13/h10-11,14H,5-9H2,1-4H3. The molecule has 0 aromatic rings. The highest BCUT2D eigenvalue weighted by Crippen LogP contribution is 2.22. The lowest BCUT2D eigenvalue weighted by Gasteiger charge is -2.37. The lowest BCUT2D eigenvalue weighted by molar-refractivity contribution is -0.0252. The molecule has 0 bridgehead atoms. The van der Waals surface area contributed by atoms with Gasteiger partial charge in [0.1, 0.15) is 0 Å². The molecular formula is C12H25NO. The van der Waals surface area contributed by atoms with Crippen molar-refractivity contribution in [3.63, 3.8) is 0 Å². The zero-order chi connectivity index (χ0) is 10.8. The van der Waals surface area contributed by atoms with Gasteiger partial charge in [0, 0.05) is 6.54 Å². The van der Waals surface area contributed by atoms with Crippen molar-refractivity contribution in [1.29, 1.82) is 0 Å². The summed E-state index contributed by atoms with van der Waals surface area (Å²) >= 11 is 0. The van der Waals surface area contributed by atoms with Crippen molar-refractivity contribution in [2.45, 2.75) is 46.1 Å². The number of rotatable bonds is 3. The first kappa shape index (κ1) is 12.0. The van der Waals surface area contributed by atoms with Gasteiger partial charge in [-0.2, -0.15) is 0 Å². The van der Waals surface area contributed by atoms with Gasteiger partial charge < -0.3 is 10.0 Å². The minimum absolute atomic E-state index is 0.335. The highest BCUT2D eigenvalue weighted by Gasteiger charge is 2.28. The topological polar surface area (TPSA) is 23.5 Å². The molecule has 0 saturated carbocycles. The average Bonchev–Trinajstić information content (AvgIpc) is 2.08. The lowest BCUT2D eigenvalue weighted by Crippen LogP contribution is -2.47. The Labute approximate surface area is 88.3 Å². The molecule has 0 aliphatic carbocycles. The number of hydrogen-bond acceptors (Lipinski definition) is 2. The van der Waals surface area contributed by atoms with E-state index in [-0.39, 0.29) is 0 Å². The fourth-order valence-electron chi connectivity index (χ4n) is 1.86. The minimum Gasteiger partial charge on any atom is -0.389 e. The van der Waals surface area contributed by atoms with Crippen LogP contribution in [0.4, 0.5) is 0 Å². The normalized spacial score (nSPS) is 25.3. The Morgan fingerprint density at radius 1 is 1.36 bits per heavy atom. The SMILES string of the molecule is CC1CCN(CC(C)(O)C(C)C)CC1. The van der Waals surface area contributed by atoms with E-state index < -0.39 is 5.60 Å². The van der Waals surface area contributed by atoms with Crippen LogP contribution in [0, 0.1) is 11.8 Å². The molecular weight excluding hydrogens is 174 g/mol. The minimum atomic E-state index is -0.527. The van der Waals surface area contributed by atoms with Crippen molar-refractivity contribution in [2.24, 2.45) is 11.8 Å². The number of β-amino-alcohol motifs (C(OH)–C–C–N with tert-alkyl or cyclic N) is 1. The smallest absolute Gasteiger partial charge is 0.0768 e. The van der Waals surface area contributed by atoms with Crippen molar-refractivity contribution >= 4 is 0 Å². The van der Waals surface area contributed by atoms with Crippen LogP contribution < -0.4 is 0 Å². The molecule has 1 heterocycles. The van der Waals surface area contributed by atoms with Gasteiger partial charge in [-0.15, -0.1) is 0 Å². The number of likely N-dealkylation sites (tertiary alicyclic amines) is 1. The van der Waals surface area contributed by atoms with Crippen molar-refractivity contribution in [1.82, 2.24) is 4.90 Å². The van der Waals surface area contributed by atoms with Crippen LogP contribution in [0.3, 0.4) is 0 Å². The molecule has 14 heavy (non-hydrogen) atoms. The van der Waals surface area contributed by atoms with E-state index in [1.165, 1.54) is 12.8 Å². The average molecular weight is 199 g/mol. The Balaban J connectivity index is 2.37. The quantitative estimate of drug-likeness (QED) is 0.752. The first-order valence-corrected chi connectivity index (χ1v) is 5.86. The maximum Gasteiger partial charge on any atom is 0.0768 e. The molecule has 1 unspecified atom stereocenters. The van der Waals surface area contributed by atoms with Crippen molar-refractivity contribution in [3.8, 4) is 0 Å². The van der Waals surface area contributed by atoms with Crippen LogP contribution in [-0.4, -0.2) is 35.2 Å². The Morgan fingerprint density at radius 3 is 2.29 bits per heavy atom. The third-order valence-electron chi connectivity index (χ3n) is 3.66. The van der Waals surface area contributed by atoms with E-state index in [1.54, 1.807) is 0 Å². The van der Waals surface area contributed by atoms with Gasteiger partial charge in [0.25, 0.3) is 0 Å². The summed E-state index contributed by atoms with van der Waals surface area (Å²) in [4.78, 5) is 2.40. The lowest BCUT2D eigenvalue weighted by atomic mass is 9.90. The zero-order valence-electron chi connectivity index (χ0n) is 10.1. The molecule has 1 rings (SSSR count). The summed E-state index contributed by atoms with van der Waals surface area (Å²) in [5.74, 6) is 1.21. The summed E-state index contributed by atoms with van der Waals surface area (Å²) in [7, 11) is 0. The molecule has 1 fully saturated rings. The molecule has 0 amide bonds. The van der Waals surface area contributed by atoms with Gasteiger partial charge in [0.15, 0.2) is 0 Å². The van der Waals surface area contributed by atoms with E-state index >= 15 is 0 Å². The first-order valence-electron chi connectivity index (χ1n) is 5.86. The monoisotopic (exact) mass is 199 g/mol. The molecule has 2 nitrogen and oxygen atoms in total. The summed E-state index contributed by atoms with van der Waals surface area (Å²) in [6.45, 7) is 11.6. The fourth-order valence-corrected chi connectivity index (χ4v) is 1.86. The van der Waals surface area contributed by atoms with Gasteiger partial charge in [0.2, 0.25) is 0 Å². The van der Waals surface area contributed by atoms with E-state index in [9.17, 15) is 5.11 Å². The fraction of sp³-hybridized carbons (Fsp3) is 1.00. The third-order valence-corrected chi connectivity index (χ3v) is 3.66. The van der Waals surface area contributed by atoms with E-state index in [0.717, 1.165) is 25.6 Å². The molecule has 1 N–H and O–H groups in total. The Bertz CT molecular complexity index is 169. The number of hydrogen-bond donors (Lipinski definition) is 1. The van der Waals surface area contributed by atoms with E-state index in [2.05, 4.69) is 25.7 Å². The van der Waals surface area contributed by atoms with Crippen LogP contribution >= 0.6 is 0 Å². The maximum atomic E-state index is 10.2. The molecule has 0 aromatic heterocycles. The van der Waals surface area contributed by atoms with E-state index in [4.69, 9.17) is 0 Å². The molecule has 2 heteroatoms. The van der Waals surface area contributed by atoms with Crippen molar-refractivity contribution in [2.75, 3.05) is 19.6 Å². The van der Waals surface area contributed by atoms with E-state index in [0.29, 0.717) is 5.92 Å². The van der Waals surface area contributed by atoms with Crippen molar-refractivity contribution in [3.05, 3.63) is 0 Å². The molecule has 0 aromatic carbocycles. The summed E-state index contributed by atoms with van der Waals surface area (Å²) < 4.78 is 0. The van der Waals surface area contributed by atoms with Gasteiger partial charge >= 0.3 is 0 Å². The van der Waals surface area contributed by atoms with Gasteiger partial charge in [0.05, 0.1) is 5.60 Å². The Morgan fingerprint density at radius 2 is 1.86 bits per heavy atom. The molecule has 1 aliphatic rings.